The fourth-order valence-corrected chi connectivity index (χ4v) is 11.6. The number of hydrogen-bond acceptors (Lipinski definition) is 10. The number of carbonyl (C=O) groups is 2. The van der Waals surface area contributed by atoms with Gasteiger partial charge in [-0.25, -0.2) is 4.79 Å². The van der Waals surface area contributed by atoms with Gasteiger partial charge < -0.3 is 39.6 Å². The molecule has 43 heavy (non-hydrogen) atoms. The molecule has 236 valence electrons. The lowest BCUT2D eigenvalue weighted by atomic mass is 9.42. The molecule has 1 aliphatic heterocycles. The Morgan fingerprint density at radius 3 is 2.47 bits per heavy atom. The first-order valence-corrected chi connectivity index (χ1v) is 15.5. The van der Waals surface area contributed by atoms with Crippen LogP contribution < -0.4 is 5.32 Å². The van der Waals surface area contributed by atoms with E-state index >= 15 is 0 Å². The number of fused-ring (bicyclic) bond motifs is 2. The first-order chi connectivity index (χ1) is 20.4. The average molecular weight is 601 g/mol. The third kappa shape index (κ3) is 3.19. The lowest BCUT2D eigenvalue weighted by molar-refractivity contribution is -0.384. The molecule has 5 aliphatic carbocycles. The molecule has 1 spiro atoms. The molecule has 7 bridgehead atoms. The fraction of sp³-hybridized carbons (Fsp3) is 0.750. The van der Waals surface area contributed by atoms with E-state index in [9.17, 15) is 24.9 Å². The number of rotatable bonds is 7. The van der Waals surface area contributed by atoms with Gasteiger partial charge in [-0.15, -0.1) is 0 Å². The summed E-state index contributed by atoms with van der Waals surface area (Å²) in [5, 5.41) is 41.7. The van der Waals surface area contributed by atoms with E-state index in [1.807, 2.05) is 6.92 Å². The Kier molecular flexibility index (Phi) is 6.50. The number of nitrogens with one attached hydrogen (secondary N) is 1. The molecule has 6 fully saturated rings. The number of esters is 1. The van der Waals surface area contributed by atoms with Crippen molar-refractivity contribution in [3.8, 4) is 0 Å². The number of aliphatic hydroxyl groups is 3. The number of piperidine rings is 1. The number of likely N-dealkylation sites (tertiary alicyclic amines) is 1. The molecule has 11 nitrogen and oxygen atoms in total. The molecular formula is C32H44N2O9. The number of carbonyl (C=O) groups excluding carboxylic acids is 2. The summed E-state index contributed by atoms with van der Waals surface area (Å²) >= 11 is 0. The van der Waals surface area contributed by atoms with E-state index in [0.717, 1.165) is 0 Å². The number of hydrogen-bond donors (Lipinski definition) is 4. The number of anilines is 1. The Labute approximate surface area is 251 Å². The van der Waals surface area contributed by atoms with Gasteiger partial charge in [0.2, 0.25) is 5.91 Å². The smallest absolute Gasteiger partial charge is 0.340 e. The maximum Gasteiger partial charge on any atom is 0.340 e. The van der Waals surface area contributed by atoms with Crippen molar-refractivity contribution >= 4 is 17.6 Å². The van der Waals surface area contributed by atoms with Crippen molar-refractivity contribution in [2.75, 3.05) is 39.7 Å². The van der Waals surface area contributed by atoms with E-state index in [-0.39, 0.29) is 36.3 Å². The summed E-state index contributed by atoms with van der Waals surface area (Å²) in [6.07, 6.45) is 0.0340. The van der Waals surface area contributed by atoms with Crippen LogP contribution in [0.15, 0.2) is 24.3 Å². The second-order valence-corrected chi connectivity index (χ2v) is 13.8. The molecule has 1 saturated heterocycles. The Morgan fingerprint density at radius 1 is 1.07 bits per heavy atom. The van der Waals surface area contributed by atoms with Crippen molar-refractivity contribution in [1.82, 2.24) is 4.90 Å². The van der Waals surface area contributed by atoms with Gasteiger partial charge in [-0.1, -0.05) is 19.1 Å². The van der Waals surface area contributed by atoms with E-state index < -0.39 is 63.9 Å². The van der Waals surface area contributed by atoms with Gasteiger partial charge in [0.1, 0.15) is 22.4 Å². The topological polar surface area (TPSA) is 147 Å². The predicted molar refractivity (Wildman–Crippen MR) is 153 cm³/mol. The molecular weight excluding hydrogens is 556 g/mol. The molecule has 1 aromatic rings. The molecule has 5 saturated carbocycles. The van der Waals surface area contributed by atoms with Gasteiger partial charge in [-0.3, -0.25) is 9.69 Å². The zero-order chi connectivity index (χ0) is 30.7. The summed E-state index contributed by atoms with van der Waals surface area (Å²) < 4.78 is 24.7. The van der Waals surface area contributed by atoms with Crippen LogP contribution in [0.25, 0.3) is 0 Å². The minimum Gasteiger partial charge on any atom is -0.454 e. The number of para-hydroxylation sites is 1. The maximum absolute atomic E-state index is 14.0. The summed E-state index contributed by atoms with van der Waals surface area (Å²) in [7, 11) is 4.76. The van der Waals surface area contributed by atoms with Crippen molar-refractivity contribution in [2.24, 2.45) is 23.2 Å². The van der Waals surface area contributed by atoms with Gasteiger partial charge in [-0.05, 0) is 44.4 Å². The van der Waals surface area contributed by atoms with Gasteiger partial charge in [0.25, 0.3) is 0 Å². The average Bonchev–Trinajstić information content (AvgIpc) is 3.38. The van der Waals surface area contributed by atoms with E-state index in [2.05, 4.69) is 10.2 Å². The summed E-state index contributed by atoms with van der Waals surface area (Å²) in [5.41, 5.74) is -7.00. The highest BCUT2D eigenvalue weighted by atomic mass is 16.6. The third-order valence-electron chi connectivity index (χ3n) is 12.7. The van der Waals surface area contributed by atoms with Gasteiger partial charge in [-0.2, -0.15) is 0 Å². The quantitative estimate of drug-likeness (QED) is 0.338. The van der Waals surface area contributed by atoms with Gasteiger partial charge >= 0.3 is 5.97 Å². The number of benzene rings is 1. The van der Waals surface area contributed by atoms with Crippen molar-refractivity contribution in [1.29, 1.82) is 0 Å². The summed E-state index contributed by atoms with van der Waals surface area (Å²) in [5.74, 6) is -2.08. The molecule has 1 amide bonds. The number of ether oxygens (including phenoxy) is 4. The van der Waals surface area contributed by atoms with Crippen LogP contribution >= 0.6 is 0 Å². The van der Waals surface area contributed by atoms with Gasteiger partial charge in [0, 0.05) is 65.0 Å². The third-order valence-corrected chi connectivity index (χ3v) is 12.7. The number of amides is 1. The SMILES string of the molecule is CCN1C[C@]2(OC(=O)c3ccccc3NC(C)=O)CC[C@H](OC)[C@]34C2C[C@H]([C@H]13)[C@@]1(O)C[C@H](OC)[C@H]2C[C@]4(O)[C@]1(O)[C@H]2OC. The normalized spacial score (nSPS) is 49.1. The molecule has 4 N–H and O–H groups in total. The van der Waals surface area contributed by atoms with Crippen molar-refractivity contribution in [2.45, 2.75) is 92.7 Å². The lowest BCUT2D eigenvalue weighted by Crippen LogP contribution is -2.89. The fourth-order valence-electron chi connectivity index (χ4n) is 11.6. The Morgan fingerprint density at radius 2 is 1.81 bits per heavy atom. The van der Waals surface area contributed by atoms with Crippen molar-refractivity contribution in [3.05, 3.63) is 29.8 Å². The Hall–Kier alpha value is -2.12. The number of methoxy groups -OCH3 is 3. The van der Waals surface area contributed by atoms with Crippen LogP contribution in [0.5, 0.6) is 0 Å². The summed E-state index contributed by atoms with van der Waals surface area (Å²) in [6.45, 7) is 4.44. The van der Waals surface area contributed by atoms with E-state index in [4.69, 9.17) is 18.9 Å². The molecule has 11 heteroatoms. The van der Waals surface area contributed by atoms with Crippen LogP contribution in [-0.4, -0.2) is 113 Å². The zero-order valence-electron chi connectivity index (χ0n) is 25.5. The molecule has 1 heterocycles. The monoisotopic (exact) mass is 600 g/mol. The Balaban J connectivity index is 1.41. The first kappa shape index (κ1) is 29.6. The number of nitrogens with zero attached hydrogens (tertiary/aromatic N) is 1. The second-order valence-electron chi connectivity index (χ2n) is 13.8. The van der Waals surface area contributed by atoms with Crippen molar-refractivity contribution in [3.63, 3.8) is 0 Å². The van der Waals surface area contributed by atoms with Crippen LogP contribution in [0.4, 0.5) is 5.69 Å². The maximum atomic E-state index is 14.0. The highest BCUT2D eigenvalue weighted by Crippen LogP contribution is 2.80. The standard InChI is InChI=1S/C32H44N2O9/c1-6-34-16-28(43-27(36)18-9-7-8-10-21(18)33-17(2)35)12-11-24(41-4)31-23(28)13-20(25(31)34)29(37)15-22(40-3)19-14-30(31,38)32(29,39)26(19)42-5/h7-10,19-20,22-26,37-39H,6,11-16H2,1-5H3,(H,33,35)/t19-,20-,22+,23?,24+,25+,26+,28-,29+,30-,31-,32+/m1/s1. The highest BCUT2D eigenvalue weighted by molar-refractivity contribution is 6.00. The van der Waals surface area contributed by atoms with Crippen LogP contribution in [0.2, 0.25) is 0 Å². The molecule has 7 rings (SSSR count). The lowest BCUT2D eigenvalue weighted by Gasteiger charge is -2.73. The van der Waals surface area contributed by atoms with E-state index in [0.29, 0.717) is 38.0 Å². The largest absolute Gasteiger partial charge is 0.454 e. The predicted octanol–water partition coefficient (Wildman–Crippen LogP) is 1.34. The first-order valence-electron chi connectivity index (χ1n) is 15.5. The molecule has 12 atom stereocenters. The van der Waals surface area contributed by atoms with Gasteiger partial charge in [0.05, 0.1) is 35.0 Å². The molecule has 1 unspecified atom stereocenters. The Bertz CT molecular complexity index is 1340. The molecule has 1 aromatic carbocycles. The summed E-state index contributed by atoms with van der Waals surface area (Å²) in [4.78, 5) is 28.2. The number of likely N-dealkylation sites (N-methyl/N-ethyl adjacent to an activating group) is 1. The van der Waals surface area contributed by atoms with Crippen LogP contribution in [0, 0.1) is 23.2 Å². The highest BCUT2D eigenvalue weighted by Gasteiger charge is 2.94. The van der Waals surface area contributed by atoms with E-state index in [1.165, 1.54) is 14.0 Å². The molecule has 6 aliphatic rings. The van der Waals surface area contributed by atoms with Crippen molar-refractivity contribution < 1.29 is 43.9 Å². The van der Waals surface area contributed by atoms with E-state index in [1.54, 1.807) is 38.5 Å². The van der Waals surface area contributed by atoms with Crippen LogP contribution in [0.1, 0.15) is 56.3 Å². The molecule has 0 aromatic heterocycles. The van der Waals surface area contributed by atoms with Gasteiger partial charge in [0.15, 0.2) is 0 Å². The zero-order valence-corrected chi connectivity index (χ0v) is 25.5. The van der Waals surface area contributed by atoms with Crippen LogP contribution in [-0.2, 0) is 23.7 Å². The molecule has 0 radical (unpaired) electrons. The second kappa shape index (κ2) is 9.45. The minimum absolute atomic E-state index is 0.162. The van der Waals surface area contributed by atoms with Crippen LogP contribution in [0.3, 0.4) is 0 Å². The minimum atomic E-state index is -1.98. The summed E-state index contributed by atoms with van der Waals surface area (Å²) in [6, 6.07) is 6.45.